The fraction of sp³-hybridized carbons (Fsp3) is 0.455. The molecule has 3 amide bonds. The van der Waals surface area contributed by atoms with E-state index < -0.39 is 17.4 Å². The van der Waals surface area contributed by atoms with E-state index in [1.165, 1.54) is 18.2 Å². The molecule has 246 valence electrons. The zero-order valence-electron chi connectivity index (χ0n) is 27.2. The van der Waals surface area contributed by atoms with Gasteiger partial charge in [-0.1, -0.05) is 25.9 Å². The highest BCUT2D eigenvalue weighted by Crippen LogP contribution is 2.29. The largest absolute Gasteiger partial charge is 0.457 e. The number of piperazine rings is 1. The van der Waals surface area contributed by atoms with Gasteiger partial charge in [0.1, 0.15) is 22.9 Å². The van der Waals surface area contributed by atoms with Gasteiger partial charge in [0.25, 0.3) is 0 Å². The molecule has 13 heteroatoms. The average Bonchev–Trinajstić information content (AvgIpc) is 3.62. The molecule has 0 unspecified atom stereocenters. The van der Waals surface area contributed by atoms with E-state index >= 15 is 0 Å². The lowest BCUT2D eigenvalue weighted by molar-refractivity contribution is 0.0142. The number of aromatic nitrogens is 3. The first-order valence-corrected chi connectivity index (χ1v) is 15.4. The van der Waals surface area contributed by atoms with E-state index in [0.717, 1.165) is 30.5 Å². The number of anilines is 1. The Kier molecular flexibility index (Phi) is 9.52. The summed E-state index contributed by atoms with van der Waals surface area (Å²) in [6.07, 6.45) is 1.52. The number of fused-ring (bicyclic) bond motifs is 1. The van der Waals surface area contributed by atoms with Crippen LogP contribution < -0.4 is 15.4 Å². The second-order valence-electron chi connectivity index (χ2n) is 13.4. The van der Waals surface area contributed by atoms with E-state index in [-0.39, 0.29) is 23.9 Å². The Balaban J connectivity index is 1.15. The number of halogens is 1. The molecule has 1 saturated heterocycles. The number of carbonyl (C=O) groups excluding carboxylic acids is 2. The highest BCUT2D eigenvalue weighted by atomic mass is 19.1. The van der Waals surface area contributed by atoms with E-state index in [9.17, 15) is 14.0 Å². The first-order valence-electron chi connectivity index (χ1n) is 15.4. The Labute approximate surface area is 267 Å². The number of amides is 3. The summed E-state index contributed by atoms with van der Waals surface area (Å²) < 4.78 is 32.9. The molecule has 2 aromatic carbocycles. The van der Waals surface area contributed by atoms with Crippen LogP contribution >= 0.6 is 0 Å². The molecule has 0 radical (unpaired) electrons. The van der Waals surface area contributed by atoms with Crippen molar-refractivity contribution >= 4 is 28.9 Å². The molecule has 1 fully saturated rings. The van der Waals surface area contributed by atoms with Gasteiger partial charge in [-0.05, 0) is 57.2 Å². The fourth-order valence-corrected chi connectivity index (χ4v) is 4.96. The molecule has 3 heterocycles. The van der Waals surface area contributed by atoms with Crippen molar-refractivity contribution in [3.63, 3.8) is 0 Å². The summed E-state index contributed by atoms with van der Waals surface area (Å²) in [5.41, 5.74) is 1.40. The Morgan fingerprint density at radius 2 is 1.74 bits per heavy atom. The number of rotatable bonds is 8. The first-order chi connectivity index (χ1) is 21.7. The average molecular weight is 636 g/mol. The van der Waals surface area contributed by atoms with Gasteiger partial charge in [-0.15, -0.1) is 0 Å². The Morgan fingerprint density at radius 3 is 2.43 bits per heavy atom. The van der Waals surface area contributed by atoms with Gasteiger partial charge >= 0.3 is 12.1 Å². The van der Waals surface area contributed by atoms with Crippen LogP contribution in [0.25, 0.3) is 10.9 Å². The minimum Gasteiger partial charge on any atom is -0.457 e. The minimum atomic E-state index is -0.523. The van der Waals surface area contributed by atoms with Crippen LogP contribution in [-0.2, 0) is 23.2 Å². The van der Waals surface area contributed by atoms with Crippen LogP contribution in [-0.4, -0.2) is 75.2 Å². The van der Waals surface area contributed by atoms with Crippen molar-refractivity contribution in [2.24, 2.45) is 0 Å². The zero-order chi connectivity index (χ0) is 33.1. The SMILES string of the molecule is CC(C)(C)OC(=O)N1CCN(CCn2ncc3cc(Oc4ccc(F)cc4CNC(=O)Nc4cc(C(C)(C)C)no4)ccc32)CC1. The van der Waals surface area contributed by atoms with Crippen LogP contribution in [0.3, 0.4) is 0 Å². The number of urea groups is 1. The highest BCUT2D eigenvalue weighted by molar-refractivity contribution is 5.87. The molecule has 0 atom stereocenters. The van der Waals surface area contributed by atoms with E-state index in [1.807, 2.05) is 64.4 Å². The minimum absolute atomic E-state index is 0.0192. The predicted octanol–water partition coefficient (Wildman–Crippen LogP) is 6.13. The zero-order valence-corrected chi connectivity index (χ0v) is 27.2. The maximum atomic E-state index is 14.2. The molecule has 4 aromatic rings. The second kappa shape index (κ2) is 13.4. The summed E-state index contributed by atoms with van der Waals surface area (Å²) in [5.74, 6) is 0.734. The molecule has 12 nitrogen and oxygen atoms in total. The number of hydrogen-bond acceptors (Lipinski definition) is 8. The second-order valence-corrected chi connectivity index (χ2v) is 13.4. The summed E-state index contributed by atoms with van der Waals surface area (Å²) in [6.45, 7) is 15.9. The summed E-state index contributed by atoms with van der Waals surface area (Å²) in [6, 6.07) is 11.0. The Bertz CT molecular complexity index is 1680. The van der Waals surface area contributed by atoms with Crippen molar-refractivity contribution in [1.29, 1.82) is 0 Å². The van der Waals surface area contributed by atoms with Gasteiger partial charge in [-0.2, -0.15) is 5.10 Å². The van der Waals surface area contributed by atoms with Gasteiger partial charge < -0.3 is 24.2 Å². The number of hydrogen-bond donors (Lipinski definition) is 2. The van der Waals surface area contributed by atoms with Crippen LogP contribution in [0, 0.1) is 5.82 Å². The van der Waals surface area contributed by atoms with Crippen molar-refractivity contribution < 1.29 is 28.0 Å². The molecule has 46 heavy (non-hydrogen) atoms. The molecule has 0 aliphatic carbocycles. The molecule has 5 rings (SSSR count). The molecule has 1 aliphatic heterocycles. The standard InChI is InChI=1S/C33H42FN7O5/c1-32(2,3)28-19-29(46-38-28)37-30(42)35-20-23-17-24(34)7-10-27(23)44-25-8-9-26-22(18-25)21-36-41(26)16-13-39-11-14-40(15-12-39)31(43)45-33(4,5)6/h7-10,17-19,21H,11-16,20H2,1-6H3,(H2,35,37,42). The van der Waals surface area contributed by atoms with Gasteiger partial charge in [-0.25, -0.2) is 14.0 Å². The van der Waals surface area contributed by atoms with Gasteiger partial charge in [0.15, 0.2) is 0 Å². The predicted molar refractivity (Wildman–Crippen MR) is 172 cm³/mol. The number of benzene rings is 2. The van der Waals surface area contributed by atoms with Crippen LogP contribution in [0.2, 0.25) is 0 Å². The number of nitrogens with zero attached hydrogens (tertiary/aromatic N) is 5. The van der Waals surface area contributed by atoms with Crippen LogP contribution in [0.5, 0.6) is 11.5 Å². The third kappa shape index (κ3) is 8.53. The maximum Gasteiger partial charge on any atom is 0.410 e. The number of ether oxygens (including phenoxy) is 2. The summed E-state index contributed by atoms with van der Waals surface area (Å²) in [7, 11) is 0. The first kappa shape index (κ1) is 32.7. The van der Waals surface area contributed by atoms with Crippen LogP contribution in [0.4, 0.5) is 19.9 Å². The van der Waals surface area contributed by atoms with E-state index in [0.29, 0.717) is 42.4 Å². The molecule has 2 aromatic heterocycles. The lowest BCUT2D eigenvalue weighted by atomic mass is 9.92. The smallest absolute Gasteiger partial charge is 0.410 e. The van der Waals surface area contributed by atoms with E-state index in [2.05, 4.69) is 25.8 Å². The third-order valence-corrected chi connectivity index (χ3v) is 7.47. The molecule has 0 bridgehead atoms. The van der Waals surface area contributed by atoms with Crippen molar-refractivity contribution in [2.45, 2.75) is 65.6 Å². The monoisotopic (exact) mass is 635 g/mol. The van der Waals surface area contributed by atoms with Crippen molar-refractivity contribution in [3.8, 4) is 11.5 Å². The molecule has 0 spiro atoms. The Morgan fingerprint density at radius 1 is 0.978 bits per heavy atom. The van der Waals surface area contributed by atoms with Crippen LogP contribution in [0.15, 0.2) is 53.2 Å². The van der Waals surface area contributed by atoms with Gasteiger partial charge in [0.05, 0.1) is 24.0 Å². The van der Waals surface area contributed by atoms with Crippen molar-refractivity contribution in [3.05, 3.63) is 65.7 Å². The lowest BCUT2D eigenvalue weighted by Gasteiger charge is -2.35. The normalized spacial score (nSPS) is 14.4. The van der Waals surface area contributed by atoms with Gasteiger partial charge in [0.2, 0.25) is 5.88 Å². The highest BCUT2D eigenvalue weighted by Gasteiger charge is 2.26. The van der Waals surface area contributed by atoms with Gasteiger partial charge in [-0.3, -0.25) is 14.9 Å². The summed E-state index contributed by atoms with van der Waals surface area (Å²) in [4.78, 5) is 28.9. The van der Waals surface area contributed by atoms with Gasteiger partial charge in [0, 0.05) is 61.7 Å². The number of carbonyl (C=O) groups is 2. The van der Waals surface area contributed by atoms with E-state index in [4.69, 9.17) is 14.0 Å². The third-order valence-electron chi connectivity index (χ3n) is 7.47. The Hall–Kier alpha value is -4.65. The fourth-order valence-electron chi connectivity index (χ4n) is 4.96. The topological polar surface area (TPSA) is 127 Å². The van der Waals surface area contributed by atoms with E-state index in [1.54, 1.807) is 17.2 Å². The number of nitrogens with one attached hydrogen (secondary N) is 2. The quantitative estimate of drug-likeness (QED) is 0.237. The van der Waals surface area contributed by atoms with Crippen LogP contribution in [0.1, 0.15) is 52.8 Å². The summed E-state index contributed by atoms with van der Waals surface area (Å²) >= 11 is 0. The molecule has 0 saturated carbocycles. The maximum absolute atomic E-state index is 14.2. The molecular weight excluding hydrogens is 593 g/mol. The van der Waals surface area contributed by atoms with Crippen molar-refractivity contribution in [1.82, 2.24) is 30.1 Å². The lowest BCUT2D eigenvalue weighted by Crippen LogP contribution is -2.50. The summed E-state index contributed by atoms with van der Waals surface area (Å²) in [5, 5.41) is 14.8. The molecular formula is C33H42FN7O5. The van der Waals surface area contributed by atoms with Crippen molar-refractivity contribution in [2.75, 3.05) is 38.0 Å². The molecule has 1 aliphatic rings. The molecule has 2 N–H and O–H groups in total.